The Balaban J connectivity index is 2.31. The van der Waals surface area contributed by atoms with Gasteiger partial charge in [0, 0.05) is 18.4 Å². The fourth-order valence-corrected chi connectivity index (χ4v) is 1.75. The Morgan fingerprint density at radius 1 is 1.43 bits per heavy atom. The summed E-state index contributed by atoms with van der Waals surface area (Å²) in [6.45, 7) is 4.21. The normalized spacial score (nSPS) is 11.1. The molecule has 0 aromatic carbocycles. The van der Waals surface area contributed by atoms with Gasteiger partial charge in [-0.05, 0) is 52.6 Å². The predicted molar refractivity (Wildman–Crippen MR) is 62.1 cm³/mol. The number of unbranched alkanes of at least 4 members (excludes halogenated alkanes) is 1. The maximum absolute atomic E-state index is 5.17. The second-order valence-electron chi connectivity index (χ2n) is 3.95. The summed E-state index contributed by atoms with van der Waals surface area (Å²) in [5.41, 5.74) is 1.14. The molecule has 1 rings (SSSR count). The van der Waals surface area contributed by atoms with Gasteiger partial charge in [0.2, 0.25) is 0 Å². The molecule has 1 aromatic heterocycles. The van der Waals surface area contributed by atoms with Crippen LogP contribution < -0.4 is 0 Å². The van der Waals surface area contributed by atoms with Gasteiger partial charge in [0.25, 0.3) is 0 Å². The molecule has 0 amide bonds. The molecule has 0 bridgehead atoms. The molecule has 0 fully saturated rings. The molecule has 1 aromatic rings. The van der Waals surface area contributed by atoms with E-state index in [4.69, 9.17) is 12.2 Å². The molecular formula is C10H19N3S. The SMILES string of the molecule is Cc1cn(CCCCN(C)C)c(=S)[nH]1. The van der Waals surface area contributed by atoms with E-state index in [1.54, 1.807) is 0 Å². The Morgan fingerprint density at radius 3 is 2.64 bits per heavy atom. The third-order valence-electron chi connectivity index (χ3n) is 2.17. The van der Waals surface area contributed by atoms with E-state index < -0.39 is 0 Å². The molecule has 1 heterocycles. The summed E-state index contributed by atoms with van der Waals surface area (Å²) in [6, 6.07) is 0. The average molecular weight is 213 g/mol. The summed E-state index contributed by atoms with van der Waals surface area (Å²) in [5.74, 6) is 0. The average Bonchev–Trinajstić information content (AvgIpc) is 2.39. The Morgan fingerprint density at radius 2 is 2.14 bits per heavy atom. The number of H-pyrrole nitrogens is 1. The molecule has 0 unspecified atom stereocenters. The fourth-order valence-electron chi connectivity index (χ4n) is 1.44. The van der Waals surface area contributed by atoms with Crippen LogP contribution in [0.1, 0.15) is 18.5 Å². The number of imidazole rings is 1. The van der Waals surface area contributed by atoms with Crippen LogP contribution in [0, 0.1) is 11.7 Å². The number of nitrogens with zero attached hydrogens (tertiary/aromatic N) is 2. The topological polar surface area (TPSA) is 24.0 Å². The summed E-state index contributed by atoms with van der Waals surface area (Å²) in [7, 11) is 4.21. The molecule has 14 heavy (non-hydrogen) atoms. The lowest BCUT2D eigenvalue weighted by atomic mass is 10.3. The van der Waals surface area contributed by atoms with Crippen molar-refractivity contribution in [2.75, 3.05) is 20.6 Å². The van der Waals surface area contributed by atoms with Gasteiger partial charge in [0.05, 0.1) is 0 Å². The van der Waals surface area contributed by atoms with Crippen LogP contribution in [0.15, 0.2) is 6.20 Å². The number of hydrogen-bond acceptors (Lipinski definition) is 2. The number of aryl methyl sites for hydroxylation is 2. The first-order chi connectivity index (χ1) is 6.59. The monoisotopic (exact) mass is 213 g/mol. The van der Waals surface area contributed by atoms with Crippen LogP contribution in [0.25, 0.3) is 0 Å². The first-order valence-electron chi connectivity index (χ1n) is 5.00. The highest BCUT2D eigenvalue weighted by molar-refractivity contribution is 7.71. The molecule has 1 N–H and O–H groups in total. The van der Waals surface area contributed by atoms with E-state index in [0.29, 0.717) is 0 Å². The maximum Gasteiger partial charge on any atom is 0.177 e. The summed E-state index contributed by atoms with van der Waals surface area (Å²) in [5, 5.41) is 0. The number of hydrogen-bond donors (Lipinski definition) is 1. The van der Waals surface area contributed by atoms with Crippen molar-refractivity contribution in [2.45, 2.75) is 26.3 Å². The minimum Gasteiger partial charge on any atom is -0.335 e. The molecule has 3 nitrogen and oxygen atoms in total. The van der Waals surface area contributed by atoms with Crippen molar-refractivity contribution in [3.05, 3.63) is 16.7 Å². The molecular weight excluding hydrogens is 194 g/mol. The molecule has 0 saturated carbocycles. The lowest BCUT2D eigenvalue weighted by Crippen LogP contribution is -2.13. The third-order valence-corrected chi connectivity index (χ3v) is 2.51. The van der Waals surface area contributed by atoms with Crippen molar-refractivity contribution in [2.24, 2.45) is 0 Å². The highest BCUT2D eigenvalue weighted by Crippen LogP contribution is 2.01. The summed E-state index contributed by atoms with van der Waals surface area (Å²) >= 11 is 5.17. The summed E-state index contributed by atoms with van der Waals surface area (Å²) < 4.78 is 2.95. The Labute approximate surface area is 90.7 Å². The van der Waals surface area contributed by atoms with Crippen LogP contribution in [0.4, 0.5) is 0 Å². The molecule has 0 atom stereocenters. The zero-order chi connectivity index (χ0) is 10.6. The van der Waals surface area contributed by atoms with Crippen LogP contribution >= 0.6 is 12.2 Å². The van der Waals surface area contributed by atoms with Crippen LogP contribution in [0.2, 0.25) is 0 Å². The van der Waals surface area contributed by atoms with Crippen LogP contribution in [0.3, 0.4) is 0 Å². The van der Waals surface area contributed by atoms with Crippen molar-refractivity contribution < 1.29 is 0 Å². The third kappa shape index (κ3) is 3.64. The Hall–Kier alpha value is -0.610. The largest absolute Gasteiger partial charge is 0.335 e. The highest BCUT2D eigenvalue weighted by Gasteiger charge is 1.96. The van der Waals surface area contributed by atoms with E-state index in [-0.39, 0.29) is 0 Å². The minimum absolute atomic E-state index is 0.840. The van der Waals surface area contributed by atoms with Crippen molar-refractivity contribution in [3.8, 4) is 0 Å². The summed E-state index contributed by atoms with van der Waals surface area (Å²) in [6.07, 6.45) is 4.49. The van der Waals surface area contributed by atoms with Gasteiger partial charge in [-0.15, -0.1) is 0 Å². The molecule has 0 aliphatic carbocycles. The zero-order valence-corrected chi connectivity index (χ0v) is 10.0. The number of rotatable bonds is 5. The van der Waals surface area contributed by atoms with Gasteiger partial charge in [0.1, 0.15) is 0 Å². The van der Waals surface area contributed by atoms with Gasteiger partial charge >= 0.3 is 0 Å². The minimum atomic E-state index is 0.840. The van der Waals surface area contributed by atoms with Crippen LogP contribution in [-0.2, 0) is 6.54 Å². The molecule has 4 heteroatoms. The van der Waals surface area contributed by atoms with E-state index in [0.717, 1.165) is 23.6 Å². The van der Waals surface area contributed by atoms with E-state index in [2.05, 4.69) is 34.7 Å². The number of aromatic nitrogens is 2. The molecule has 0 radical (unpaired) electrons. The second kappa shape index (κ2) is 5.32. The lowest BCUT2D eigenvalue weighted by molar-refractivity contribution is 0.387. The molecule has 0 saturated heterocycles. The van der Waals surface area contributed by atoms with E-state index in [1.165, 1.54) is 12.8 Å². The van der Waals surface area contributed by atoms with Gasteiger partial charge in [-0.1, -0.05) is 0 Å². The smallest absolute Gasteiger partial charge is 0.177 e. The molecule has 0 aliphatic heterocycles. The van der Waals surface area contributed by atoms with Crippen molar-refractivity contribution in [1.82, 2.24) is 14.5 Å². The quantitative estimate of drug-likeness (QED) is 0.599. The van der Waals surface area contributed by atoms with Gasteiger partial charge in [0.15, 0.2) is 4.77 Å². The van der Waals surface area contributed by atoms with E-state index >= 15 is 0 Å². The van der Waals surface area contributed by atoms with Gasteiger partial charge in [-0.3, -0.25) is 0 Å². The van der Waals surface area contributed by atoms with E-state index in [1.807, 2.05) is 6.92 Å². The first-order valence-corrected chi connectivity index (χ1v) is 5.41. The molecule has 80 valence electrons. The van der Waals surface area contributed by atoms with E-state index in [9.17, 15) is 0 Å². The van der Waals surface area contributed by atoms with Crippen molar-refractivity contribution >= 4 is 12.2 Å². The van der Waals surface area contributed by atoms with Crippen molar-refractivity contribution in [3.63, 3.8) is 0 Å². The van der Waals surface area contributed by atoms with Gasteiger partial charge in [-0.2, -0.15) is 0 Å². The van der Waals surface area contributed by atoms with Gasteiger partial charge < -0.3 is 14.5 Å². The first kappa shape index (κ1) is 11.5. The second-order valence-corrected chi connectivity index (χ2v) is 4.33. The van der Waals surface area contributed by atoms with Crippen molar-refractivity contribution in [1.29, 1.82) is 0 Å². The lowest BCUT2D eigenvalue weighted by Gasteiger charge is -2.08. The van der Waals surface area contributed by atoms with Crippen LogP contribution in [-0.4, -0.2) is 35.1 Å². The standard InChI is InChI=1S/C10H19N3S/c1-9-8-13(10(14)11-9)7-5-4-6-12(2)3/h8H,4-7H2,1-3H3,(H,11,14). The summed E-state index contributed by atoms with van der Waals surface area (Å²) in [4.78, 5) is 5.33. The molecule has 0 spiro atoms. The number of aromatic amines is 1. The number of nitrogens with one attached hydrogen (secondary N) is 1. The highest BCUT2D eigenvalue weighted by atomic mass is 32.1. The Bertz CT molecular complexity index is 324. The fraction of sp³-hybridized carbons (Fsp3) is 0.700. The maximum atomic E-state index is 5.17. The molecule has 0 aliphatic rings. The van der Waals surface area contributed by atoms with Crippen LogP contribution in [0.5, 0.6) is 0 Å². The predicted octanol–water partition coefficient (Wildman–Crippen LogP) is 2.20. The van der Waals surface area contributed by atoms with Gasteiger partial charge in [-0.25, -0.2) is 0 Å². The zero-order valence-electron chi connectivity index (χ0n) is 9.21. The Kier molecular flexibility index (Phi) is 4.35.